The SMILES string of the molecule is CCc1nc2cc(C(=N)N)ccc2[nH]1. The molecule has 4 nitrogen and oxygen atoms in total. The third kappa shape index (κ3) is 1.35. The van der Waals surface area contributed by atoms with Gasteiger partial charge in [0.25, 0.3) is 0 Å². The van der Waals surface area contributed by atoms with Crippen molar-refractivity contribution in [2.45, 2.75) is 13.3 Å². The zero-order chi connectivity index (χ0) is 10.1. The molecule has 0 aliphatic heterocycles. The second kappa shape index (κ2) is 3.14. The molecule has 1 aromatic heterocycles. The van der Waals surface area contributed by atoms with Crippen molar-refractivity contribution in [3.8, 4) is 0 Å². The van der Waals surface area contributed by atoms with E-state index in [1.165, 1.54) is 0 Å². The van der Waals surface area contributed by atoms with Gasteiger partial charge in [0.05, 0.1) is 11.0 Å². The number of imidazole rings is 1. The molecule has 0 radical (unpaired) electrons. The number of fused-ring (bicyclic) bond motifs is 1. The van der Waals surface area contributed by atoms with Crippen LogP contribution in [0, 0.1) is 5.41 Å². The van der Waals surface area contributed by atoms with E-state index in [9.17, 15) is 0 Å². The number of hydrogen-bond acceptors (Lipinski definition) is 2. The average Bonchev–Trinajstić information content (AvgIpc) is 2.58. The zero-order valence-corrected chi connectivity index (χ0v) is 7.96. The van der Waals surface area contributed by atoms with Crippen molar-refractivity contribution in [3.05, 3.63) is 29.6 Å². The molecule has 0 saturated carbocycles. The Bertz CT molecular complexity index is 484. The fourth-order valence-corrected chi connectivity index (χ4v) is 1.39. The first-order valence-electron chi connectivity index (χ1n) is 4.53. The number of rotatable bonds is 2. The highest BCUT2D eigenvalue weighted by molar-refractivity contribution is 5.97. The smallest absolute Gasteiger partial charge is 0.122 e. The fraction of sp³-hybridized carbons (Fsp3) is 0.200. The maximum absolute atomic E-state index is 7.30. The minimum Gasteiger partial charge on any atom is -0.384 e. The fourth-order valence-electron chi connectivity index (χ4n) is 1.39. The molecule has 2 aromatic rings. The molecule has 14 heavy (non-hydrogen) atoms. The summed E-state index contributed by atoms with van der Waals surface area (Å²) in [7, 11) is 0. The molecular weight excluding hydrogens is 176 g/mol. The van der Waals surface area contributed by atoms with Crippen molar-refractivity contribution in [1.82, 2.24) is 9.97 Å². The Kier molecular flexibility index (Phi) is 1.96. The van der Waals surface area contributed by atoms with Crippen LogP contribution in [0.1, 0.15) is 18.3 Å². The van der Waals surface area contributed by atoms with Crippen molar-refractivity contribution < 1.29 is 0 Å². The summed E-state index contributed by atoms with van der Waals surface area (Å²) >= 11 is 0. The van der Waals surface area contributed by atoms with Crippen LogP contribution in [-0.2, 0) is 6.42 Å². The lowest BCUT2D eigenvalue weighted by Gasteiger charge is -1.95. The molecule has 1 aromatic carbocycles. The molecule has 0 bridgehead atoms. The van der Waals surface area contributed by atoms with Gasteiger partial charge in [-0.15, -0.1) is 0 Å². The molecule has 72 valence electrons. The summed E-state index contributed by atoms with van der Waals surface area (Å²) in [5, 5.41) is 7.30. The van der Waals surface area contributed by atoms with Gasteiger partial charge in [0.2, 0.25) is 0 Å². The normalized spacial score (nSPS) is 10.6. The molecule has 4 heteroatoms. The van der Waals surface area contributed by atoms with Crippen LogP contribution in [0.2, 0.25) is 0 Å². The molecule has 0 fully saturated rings. The summed E-state index contributed by atoms with van der Waals surface area (Å²) in [6.45, 7) is 2.05. The molecule has 0 unspecified atom stereocenters. The number of nitrogens with zero attached hydrogens (tertiary/aromatic N) is 1. The Labute approximate surface area is 81.7 Å². The molecule has 4 N–H and O–H groups in total. The molecule has 0 saturated heterocycles. The Morgan fingerprint density at radius 1 is 1.57 bits per heavy atom. The lowest BCUT2D eigenvalue weighted by atomic mass is 10.2. The van der Waals surface area contributed by atoms with E-state index in [0.29, 0.717) is 5.56 Å². The third-order valence-electron chi connectivity index (χ3n) is 2.18. The van der Waals surface area contributed by atoms with Crippen molar-refractivity contribution in [2.24, 2.45) is 5.73 Å². The van der Waals surface area contributed by atoms with Gasteiger partial charge in [0, 0.05) is 12.0 Å². The highest BCUT2D eigenvalue weighted by Crippen LogP contribution is 2.13. The van der Waals surface area contributed by atoms with E-state index in [4.69, 9.17) is 11.1 Å². The first-order valence-corrected chi connectivity index (χ1v) is 4.53. The maximum atomic E-state index is 7.30. The van der Waals surface area contributed by atoms with Gasteiger partial charge in [-0.25, -0.2) is 4.98 Å². The van der Waals surface area contributed by atoms with E-state index in [1.807, 2.05) is 25.1 Å². The number of hydrogen-bond donors (Lipinski definition) is 3. The quantitative estimate of drug-likeness (QED) is 0.492. The molecular formula is C10H12N4. The number of amidine groups is 1. The zero-order valence-electron chi connectivity index (χ0n) is 7.96. The monoisotopic (exact) mass is 188 g/mol. The number of aryl methyl sites for hydroxylation is 1. The lowest BCUT2D eigenvalue weighted by molar-refractivity contribution is 1.00. The Balaban J connectivity index is 2.59. The molecule has 2 rings (SSSR count). The van der Waals surface area contributed by atoms with Gasteiger partial charge in [0.15, 0.2) is 0 Å². The van der Waals surface area contributed by atoms with E-state index in [1.54, 1.807) is 0 Å². The molecule has 1 heterocycles. The van der Waals surface area contributed by atoms with Crippen LogP contribution in [-0.4, -0.2) is 15.8 Å². The Hall–Kier alpha value is -1.84. The number of H-pyrrole nitrogens is 1. The first kappa shape index (κ1) is 8.74. The van der Waals surface area contributed by atoms with Gasteiger partial charge in [-0.3, -0.25) is 5.41 Å². The van der Waals surface area contributed by atoms with E-state index in [-0.39, 0.29) is 5.84 Å². The number of aromatic amines is 1. The predicted octanol–water partition coefficient (Wildman–Crippen LogP) is 1.41. The molecule has 0 atom stereocenters. The van der Waals surface area contributed by atoms with Gasteiger partial charge >= 0.3 is 0 Å². The van der Waals surface area contributed by atoms with Crippen LogP contribution < -0.4 is 5.73 Å². The topological polar surface area (TPSA) is 78.6 Å². The van der Waals surface area contributed by atoms with E-state index >= 15 is 0 Å². The number of nitrogens with one attached hydrogen (secondary N) is 2. The summed E-state index contributed by atoms with van der Waals surface area (Å²) in [4.78, 5) is 7.56. The molecule has 0 aliphatic carbocycles. The van der Waals surface area contributed by atoms with E-state index in [0.717, 1.165) is 23.3 Å². The van der Waals surface area contributed by atoms with E-state index < -0.39 is 0 Å². The van der Waals surface area contributed by atoms with Crippen LogP contribution >= 0.6 is 0 Å². The van der Waals surface area contributed by atoms with Gasteiger partial charge in [-0.2, -0.15) is 0 Å². The molecule has 0 aliphatic rings. The van der Waals surface area contributed by atoms with Gasteiger partial charge in [-0.1, -0.05) is 6.92 Å². The van der Waals surface area contributed by atoms with Crippen LogP contribution in [0.3, 0.4) is 0 Å². The number of aromatic nitrogens is 2. The minimum atomic E-state index is 0.0768. The number of nitrogens with two attached hydrogens (primary N) is 1. The number of benzene rings is 1. The minimum absolute atomic E-state index is 0.0768. The average molecular weight is 188 g/mol. The standard InChI is InChI=1S/C10H12N4/c1-2-9-13-7-4-3-6(10(11)12)5-8(7)14-9/h3-5H,2H2,1H3,(H3,11,12)(H,13,14). The van der Waals surface area contributed by atoms with Crippen molar-refractivity contribution >= 4 is 16.9 Å². The third-order valence-corrected chi connectivity index (χ3v) is 2.18. The predicted molar refractivity (Wildman–Crippen MR) is 56.5 cm³/mol. The van der Waals surface area contributed by atoms with E-state index in [2.05, 4.69) is 9.97 Å². The molecule has 0 spiro atoms. The summed E-state index contributed by atoms with van der Waals surface area (Å²) < 4.78 is 0. The van der Waals surface area contributed by atoms with Gasteiger partial charge < -0.3 is 10.7 Å². The van der Waals surface area contributed by atoms with Crippen molar-refractivity contribution in [3.63, 3.8) is 0 Å². The first-order chi connectivity index (χ1) is 6.70. The lowest BCUT2D eigenvalue weighted by Crippen LogP contribution is -2.10. The van der Waals surface area contributed by atoms with Crippen molar-refractivity contribution in [1.29, 1.82) is 5.41 Å². The second-order valence-electron chi connectivity index (χ2n) is 3.18. The maximum Gasteiger partial charge on any atom is 0.122 e. The van der Waals surface area contributed by atoms with Gasteiger partial charge in [0.1, 0.15) is 11.7 Å². The van der Waals surface area contributed by atoms with Crippen LogP contribution in [0.4, 0.5) is 0 Å². The second-order valence-corrected chi connectivity index (χ2v) is 3.18. The van der Waals surface area contributed by atoms with Crippen LogP contribution in [0.5, 0.6) is 0 Å². The highest BCUT2D eigenvalue weighted by atomic mass is 14.9. The summed E-state index contributed by atoms with van der Waals surface area (Å²) in [5.74, 6) is 1.04. The van der Waals surface area contributed by atoms with Gasteiger partial charge in [-0.05, 0) is 18.2 Å². The molecule has 0 amide bonds. The Morgan fingerprint density at radius 3 is 3.00 bits per heavy atom. The van der Waals surface area contributed by atoms with Crippen LogP contribution in [0.25, 0.3) is 11.0 Å². The largest absolute Gasteiger partial charge is 0.384 e. The summed E-state index contributed by atoms with van der Waals surface area (Å²) in [6.07, 6.45) is 0.879. The van der Waals surface area contributed by atoms with Crippen LogP contribution in [0.15, 0.2) is 18.2 Å². The highest BCUT2D eigenvalue weighted by Gasteiger charge is 2.03. The van der Waals surface area contributed by atoms with Crippen molar-refractivity contribution in [2.75, 3.05) is 0 Å². The number of nitrogen functional groups attached to an aromatic ring is 1. The summed E-state index contributed by atoms with van der Waals surface area (Å²) in [6, 6.07) is 5.55. The Morgan fingerprint density at radius 2 is 2.36 bits per heavy atom. The summed E-state index contributed by atoms with van der Waals surface area (Å²) in [5.41, 5.74) is 7.97.